The van der Waals surface area contributed by atoms with Crippen LogP contribution in [0.1, 0.15) is 20.7 Å². The standard InChI is InChI=1S/C15H12FNO3/c16-12-8-6-11(7-9-12)14(19)17-15(20)13(18)10-4-2-1-3-5-10/h1-9,15,20H,(H,17,19)/t15-/m0/s1. The van der Waals surface area contributed by atoms with Crippen LogP contribution >= 0.6 is 0 Å². The maximum absolute atomic E-state index is 12.7. The highest BCUT2D eigenvalue weighted by Gasteiger charge is 2.19. The van der Waals surface area contributed by atoms with Crippen LogP contribution in [0.15, 0.2) is 54.6 Å². The SMILES string of the molecule is O=C(N[C@@H](O)C(=O)c1ccccc1)c1ccc(F)cc1. The molecule has 4 nitrogen and oxygen atoms in total. The van der Waals surface area contributed by atoms with Crippen LogP contribution in [0.25, 0.3) is 0 Å². The highest BCUT2D eigenvalue weighted by molar-refractivity contribution is 6.03. The Hall–Kier alpha value is -2.53. The molecule has 0 saturated heterocycles. The van der Waals surface area contributed by atoms with Crippen molar-refractivity contribution in [1.29, 1.82) is 0 Å². The quantitative estimate of drug-likeness (QED) is 0.659. The molecule has 0 aromatic heterocycles. The van der Waals surface area contributed by atoms with Crippen molar-refractivity contribution in [2.75, 3.05) is 0 Å². The second-order valence-corrected chi connectivity index (χ2v) is 4.11. The summed E-state index contributed by atoms with van der Waals surface area (Å²) in [6.07, 6.45) is -1.64. The fourth-order valence-electron chi connectivity index (χ4n) is 1.63. The van der Waals surface area contributed by atoms with Crippen LogP contribution in [0.3, 0.4) is 0 Å². The molecule has 0 aliphatic heterocycles. The first-order valence-electron chi connectivity index (χ1n) is 5.91. The van der Waals surface area contributed by atoms with E-state index in [1.807, 2.05) is 0 Å². The molecule has 0 heterocycles. The number of aliphatic hydroxyl groups excluding tert-OH is 1. The second kappa shape index (κ2) is 6.08. The minimum Gasteiger partial charge on any atom is -0.367 e. The molecule has 2 aromatic carbocycles. The van der Waals surface area contributed by atoms with E-state index in [2.05, 4.69) is 5.32 Å². The Morgan fingerprint density at radius 1 is 0.950 bits per heavy atom. The molecule has 0 aliphatic rings. The Morgan fingerprint density at radius 3 is 2.15 bits per heavy atom. The van der Waals surface area contributed by atoms with Crippen LogP contribution in [0, 0.1) is 5.82 Å². The van der Waals surface area contributed by atoms with Gasteiger partial charge in [0.1, 0.15) is 5.82 Å². The molecule has 1 atom stereocenters. The number of ketones is 1. The summed E-state index contributed by atoms with van der Waals surface area (Å²) in [6, 6.07) is 12.9. The fourth-order valence-corrected chi connectivity index (χ4v) is 1.63. The molecule has 0 radical (unpaired) electrons. The van der Waals surface area contributed by atoms with Crippen LogP contribution in [-0.4, -0.2) is 23.0 Å². The summed E-state index contributed by atoms with van der Waals surface area (Å²) in [7, 11) is 0. The number of carbonyl (C=O) groups is 2. The lowest BCUT2D eigenvalue weighted by atomic mass is 10.1. The Balaban J connectivity index is 2.04. The number of rotatable bonds is 4. The number of aliphatic hydroxyl groups is 1. The van der Waals surface area contributed by atoms with E-state index in [0.717, 1.165) is 12.1 Å². The molecule has 2 aromatic rings. The zero-order chi connectivity index (χ0) is 14.5. The molecular weight excluding hydrogens is 261 g/mol. The number of nitrogens with one attached hydrogen (secondary N) is 1. The molecule has 20 heavy (non-hydrogen) atoms. The van der Waals surface area contributed by atoms with Gasteiger partial charge in [0, 0.05) is 11.1 Å². The van der Waals surface area contributed by atoms with Crippen molar-refractivity contribution in [2.24, 2.45) is 0 Å². The largest absolute Gasteiger partial charge is 0.367 e. The van der Waals surface area contributed by atoms with Gasteiger partial charge in [-0.25, -0.2) is 4.39 Å². The van der Waals surface area contributed by atoms with Gasteiger partial charge in [-0.3, -0.25) is 9.59 Å². The predicted molar refractivity (Wildman–Crippen MR) is 70.6 cm³/mol. The van der Waals surface area contributed by atoms with Gasteiger partial charge in [-0.2, -0.15) is 0 Å². The monoisotopic (exact) mass is 273 g/mol. The first-order chi connectivity index (χ1) is 9.58. The average Bonchev–Trinajstić information content (AvgIpc) is 2.48. The Bertz CT molecular complexity index is 611. The van der Waals surface area contributed by atoms with E-state index in [-0.39, 0.29) is 5.56 Å². The van der Waals surface area contributed by atoms with Crippen molar-refractivity contribution in [3.8, 4) is 0 Å². The Labute approximate surface area is 114 Å². The fraction of sp³-hybridized carbons (Fsp3) is 0.0667. The van der Waals surface area contributed by atoms with Gasteiger partial charge in [0.2, 0.25) is 5.78 Å². The molecule has 5 heteroatoms. The highest BCUT2D eigenvalue weighted by Crippen LogP contribution is 2.05. The number of benzene rings is 2. The van der Waals surface area contributed by atoms with Crippen molar-refractivity contribution >= 4 is 11.7 Å². The Morgan fingerprint density at radius 2 is 1.55 bits per heavy atom. The molecular formula is C15H12FNO3. The number of hydrogen-bond acceptors (Lipinski definition) is 3. The zero-order valence-corrected chi connectivity index (χ0v) is 10.4. The lowest BCUT2D eigenvalue weighted by molar-refractivity contribution is 0.0607. The van der Waals surface area contributed by atoms with E-state index in [0.29, 0.717) is 5.56 Å². The summed E-state index contributed by atoms with van der Waals surface area (Å²) >= 11 is 0. The van der Waals surface area contributed by atoms with Crippen LogP contribution in [0.4, 0.5) is 4.39 Å². The van der Waals surface area contributed by atoms with Crippen LogP contribution in [-0.2, 0) is 0 Å². The van der Waals surface area contributed by atoms with Gasteiger partial charge in [0.25, 0.3) is 5.91 Å². The molecule has 0 aliphatic carbocycles. The smallest absolute Gasteiger partial charge is 0.253 e. The normalized spacial score (nSPS) is 11.7. The average molecular weight is 273 g/mol. The van der Waals surface area contributed by atoms with E-state index >= 15 is 0 Å². The third-order valence-electron chi connectivity index (χ3n) is 2.68. The van der Waals surface area contributed by atoms with Gasteiger partial charge in [-0.05, 0) is 24.3 Å². The van der Waals surface area contributed by atoms with Gasteiger partial charge in [-0.15, -0.1) is 0 Å². The minimum absolute atomic E-state index is 0.159. The van der Waals surface area contributed by atoms with Crippen molar-refractivity contribution in [1.82, 2.24) is 5.32 Å². The van der Waals surface area contributed by atoms with E-state index in [9.17, 15) is 19.1 Å². The minimum atomic E-state index is -1.64. The zero-order valence-electron chi connectivity index (χ0n) is 10.4. The molecule has 0 fully saturated rings. The van der Waals surface area contributed by atoms with E-state index in [4.69, 9.17) is 0 Å². The first-order valence-corrected chi connectivity index (χ1v) is 5.91. The molecule has 2 N–H and O–H groups in total. The lowest BCUT2D eigenvalue weighted by Crippen LogP contribution is -2.40. The topological polar surface area (TPSA) is 66.4 Å². The molecule has 1 amide bonds. The van der Waals surface area contributed by atoms with Gasteiger partial charge in [0.05, 0.1) is 0 Å². The number of amides is 1. The molecule has 102 valence electrons. The van der Waals surface area contributed by atoms with Crippen LogP contribution in [0.5, 0.6) is 0 Å². The highest BCUT2D eigenvalue weighted by atomic mass is 19.1. The number of hydrogen-bond donors (Lipinski definition) is 2. The predicted octanol–water partition coefficient (Wildman–Crippen LogP) is 1.76. The number of carbonyl (C=O) groups excluding carboxylic acids is 2. The summed E-state index contributed by atoms with van der Waals surface area (Å²) in [5, 5.41) is 11.9. The molecule has 2 rings (SSSR count). The van der Waals surface area contributed by atoms with Crippen molar-refractivity contribution < 1.29 is 19.1 Å². The molecule has 0 saturated carbocycles. The van der Waals surface area contributed by atoms with Gasteiger partial charge in [0.15, 0.2) is 6.23 Å². The van der Waals surface area contributed by atoms with Crippen LogP contribution in [0.2, 0.25) is 0 Å². The lowest BCUT2D eigenvalue weighted by Gasteiger charge is -2.11. The summed E-state index contributed by atoms with van der Waals surface area (Å²) in [5.74, 6) is -1.73. The van der Waals surface area contributed by atoms with Crippen molar-refractivity contribution in [3.63, 3.8) is 0 Å². The molecule has 0 unspecified atom stereocenters. The van der Waals surface area contributed by atoms with E-state index in [1.165, 1.54) is 24.3 Å². The van der Waals surface area contributed by atoms with Gasteiger partial charge in [-0.1, -0.05) is 30.3 Å². The third-order valence-corrected chi connectivity index (χ3v) is 2.68. The number of halogens is 1. The van der Waals surface area contributed by atoms with Crippen molar-refractivity contribution in [3.05, 3.63) is 71.5 Å². The number of Topliss-reactive ketones (excluding diaryl/α,β-unsaturated/α-hetero) is 1. The molecule has 0 spiro atoms. The first kappa shape index (κ1) is 13.9. The maximum Gasteiger partial charge on any atom is 0.253 e. The summed E-state index contributed by atoms with van der Waals surface area (Å²) in [6.45, 7) is 0. The van der Waals surface area contributed by atoms with Crippen LogP contribution < -0.4 is 5.32 Å². The third kappa shape index (κ3) is 3.27. The van der Waals surface area contributed by atoms with Crippen molar-refractivity contribution in [2.45, 2.75) is 6.23 Å². The molecule has 0 bridgehead atoms. The second-order valence-electron chi connectivity index (χ2n) is 4.11. The summed E-state index contributed by atoms with van der Waals surface area (Å²) in [5.41, 5.74) is 0.450. The van der Waals surface area contributed by atoms with E-state index in [1.54, 1.807) is 18.2 Å². The van der Waals surface area contributed by atoms with Gasteiger partial charge >= 0.3 is 0 Å². The van der Waals surface area contributed by atoms with E-state index < -0.39 is 23.7 Å². The summed E-state index contributed by atoms with van der Waals surface area (Å²) in [4.78, 5) is 23.6. The Kier molecular flexibility index (Phi) is 4.22. The summed E-state index contributed by atoms with van der Waals surface area (Å²) < 4.78 is 12.7. The maximum atomic E-state index is 12.7. The van der Waals surface area contributed by atoms with Gasteiger partial charge < -0.3 is 10.4 Å².